The summed E-state index contributed by atoms with van der Waals surface area (Å²) in [6.45, 7) is 1.86. The summed E-state index contributed by atoms with van der Waals surface area (Å²) in [5.41, 5.74) is 6.86. The van der Waals surface area contributed by atoms with Crippen LogP contribution in [0.2, 0.25) is 5.15 Å². The maximum Gasteiger partial charge on any atom is 0.139 e. The highest BCUT2D eigenvalue weighted by Crippen LogP contribution is 2.12. The normalized spacial score (nSPS) is 9.64. The van der Waals surface area contributed by atoms with Crippen molar-refractivity contribution in [3.05, 3.63) is 28.5 Å². The van der Waals surface area contributed by atoms with Crippen LogP contribution in [0, 0.1) is 6.92 Å². The lowest BCUT2D eigenvalue weighted by Gasteiger charge is -2.00. The lowest BCUT2D eigenvalue weighted by Crippen LogP contribution is -2.10. The average Bonchev–Trinajstić information content (AvgIpc) is 1.85. The van der Waals surface area contributed by atoms with Gasteiger partial charge in [-0.3, -0.25) is 0 Å². The van der Waals surface area contributed by atoms with E-state index in [1.165, 1.54) is 0 Å². The van der Waals surface area contributed by atoms with Crippen LogP contribution in [-0.2, 0) is 0 Å². The Morgan fingerprint density at radius 3 is 2.73 bits per heavy atom. The van der Waals surface area contributed by atoms with Crippen LogP contribution in [0.15, 0.2) is 12.1 Å². The summed E-state index contributed by atoms with van der Waals surface area (Å²) in [7, 11) is 0. The van der Waals surface area contributed by atoms with Crippen molar-refractivity contribution in [3.63, 3.8) is 0 Å². The average molecular weight is 187 g/mol. The van der Waals surface area contributed by atoms with Gasteiger partial charge in [0.1, 0.15) is 10.1 Å². The Kier molecular flexibility index (Phi) is 2.42. The van der Waals surface area contributed by atoms with Crippen molar-refractivity contribution in [3.8, 4) is 0 Å². The first-order chi connectivity index (χ1) is 5.11. The van der Waals surface area contributed by atoms with E-state index in [0.717, 1.165) is 5.69 Å². The third-order valence-corrected chi connectivity index (χ3v) is 1.76. The molecule has 0 saturated heterocycles. The molecule has 2 N–H and O–H groups in total. The minimum absolute atomic E-state index is 0.280. The minimum atomic E-state index is 0.280. The summed E-state index contributed by atoms with van der Waals surface area (Å²) >= 11 is 10.5. The predicted octanol–water partition coefficient (Wildman–Crippen LogP) is 1.68. The number of pyridine rings is 1. The van der Waals surface area contributed by atoms with Crippen LogP contribution in [0.3, 0.4) is 0 Å². The van der Waals surface area contributed by atoms with E-state index in [4.69, 9.17) is 29.6 Å². The zero-order valence-electron chi connectivity index (χ0n) is 5.97. The van der Waals surface area contributed by atoms with Gasteiger partial charge in [0.25, 0.3) is 0 Å². The molecule has 0 aliphatic rings. The third-order valence-electron chi connectivity index (χ3n) is 1.25. The molecule has 11 heavy (non-hydrogen) atoms. The Hall–Kier alpha value is -0.670. The second-order valence-corrected chi connectivity index (χ2v) is 2.95. The summed E-state index contributed by atoms with van der Waals surface area (Å²) in [4.78, 5) is 4.27. The third kappa shape index (κ3) is 1.88. The Balaban J connectivity index is 3.20. The van der Waals surface area contributed by atoms with E-state index in [9.17, 15) is 0 Å². The molecule has 0 aliphatic carbocycles. The fourth-order valence-corrected chi connectivity index (χ4v) is 1.23. The van der Waals surface area contributed by atoms with Gasteiger partial charge >= 0.3 is 0 Å². The van der Waals surface area contributed by atoms with Gasteiger partial charge in [0, 0.05) is 11.3 Å². The van der Waals surface area contributed by atoms with E-state index >= 15 is 0 Å². The van der Waals surface area contributed by atoms with Crippen LogP contribution in [0.25, 0.3) is 0 Å². The van der Waals surface area contributed by atoms with Crippen LogP contribution in [0.1, 0.15) is 11.3 Å². The van der Waals surface area contributed by atoms with Gasteiger partial charge in [-0.1, -0.05) is 23.8 Å². The summed E-state index contributed by atoms with van der Waals surface area (Å²) in [6, 6.07) is 3.59. The number of aryl methyl sites for hydroxylation is 1. The number of thiocarbonyl (C=S) groups is 1. The highest BCUT2D eigenvalue weighted by Gasteiger charge is 2.02. The maximum absolute atomic E-state index is 5.75. The van der Waals surface area contributed by atoms with Crippen molar-refractivity contribution in [2.75, 3.05) is 0 Å². The minimum Gasteiger partial charge on any atom is -0.389 e. The number of aromatic nitrogens is 1. The van der Waals surface area contributed by atoms with Gasteiger partial charge in [0.2, 0.25) is 0 Å². The van der Waals surface area contributed by atoms with Crippen LogP contribution in [-0.4, -0.2) is 9.97 Å². The lowest BCUT2D eigenvalue weighted by atomic mass is 10.2. The van der Waals surface area contributed by atoms with Crippen LogP contribution >= 0.6 is 23.8 Å². The SMILES string of the molecule is Cc1ccc(C(N)=S)c(Cl)n1. The van der Waals surface area contributed by atoms with Gasteiger partial charge in [-0.25, -0.2) is 4.98 Å². The molecule has 0 aliphatic heterocycles. The molecule has 0 atom stereocenters. The second kappa shape index (κ2) is 3.15. The number of hydrogen-bond donors (Lipinski definition) is 1. The molecule has 0 spiro atoms. The molecule has 0 radical (unpaired) electrons. The fourth-order valence-electron chi connectivity index (χ4n) is 0.709. The smallest absolute Gasteiger partial charge is 0.139 e. The van der Waals surface area contributed by atoms with Gasteiger partial charge in [0.05, 0.1) is 0 Å². The van der Waals surface area contributed by atoms with E-state index in [1.807, 2.05) is 13.0 Å². The number of nitrogens with two attached hydrogens (primary N) is 1. The Morgan fingerprint density at radius 1 is 1.64 bits per heavy atom. The standard InChI is InChI=1S/C7H7ClN2S/c1-4-2-3-5(7(9)11)6(8)10-4/h2-3H,1H3,(H2,9,11). The molecule has 58 valence electrons. The first-order valence-corrected chi connectivity index (χ1v) is 3.83. The highest BCUT2D eigenvalue weighted by molar-refractivity contribution is 7.80. The van der Waals surface area contributed by atoms with E-state index in [0.29, 0.717) is 10.7 Å². The second-order valence-electron chi connectivity index (χ2n) is 2.16. The van der Waals surface area contributed by atoms with E-state index in [2.05, 4.69) is 4.98 Å². The van der Waals surface area contributed by atoms with Crippen molar-refractivity contribution in [1.82, 2.24) is 4.98 Å². The van der Waals surface area contributed by atoms with Crippen molar-refractivity contribution in [2.45, 2.75) is 6.92 Å². The first-order valence-electron chi connectivity index (χ1n) is 3.04. The molecule has 1 rings (SSSR count). The molecular formula is C7H7ClN2S. The summed E-state index contributed by atoms with van der Waals surface area (Å²) in [5.74, 6) is 0. The molecule has 0 bridgehead atoms. The highest BCUT2D eigenvalue weighted by atomic mass is 35.5. The number of hydrogen-bond acceptors (Lipinski definition) is 2. The van der Waals surface area contributed by atoms with Gasteiger partial charge in [0.15, 0.2) is 0 Å². The van der Waals surface area contributed by atoms with Gasteiger partial charge < -0.3 is 5.73 Å². The quantitative estimate of drug-likeness (QED) is 0.536. The summed E-state index contributed by atoms with van der Waals surface area (Å²) < 4.78 is 0. The number of nitrogens with zero attached hydrogens (tertiary/aromatic N) is 1. The van der Waals surface area contributed by atoms with Gasteiger partial charge in [-0.05, 0) is 19.1 Å². The van der Waals surface area contributed by atoms with E-state index in [-0.39, 0.29) is 4.99 Å². The molecule has 4 heteroatoms. The monoisotopic (exact) mass is 186 g/mol. The summed E-state index contributed by atoms with van der Waals surface area (Å²) in [5, 5.41) is 0.373. The molecule has 0 saturated carbocycles. The van der Waals surface area contributed by atoms with Crippen molar-refractivity contribution < 1.29 is 0 Å². The lowest BCUT2D eigenvalue weighted by molar-refractivity contribution is 1.19. The zero-order chi connectivity index (χ0) is 8.43. The number of halogens is 1. The molecule has 1 aromatic heterocycles. The van der Waals surface area contributed by atoms with E-state index in [1.54, 1.807) is 6.07 Å². The van der Waals surface area contributed by atoms with Crippen LogP contribution in [0.5, 0.6) is 0 Å². The first kappa shape index (κ1) is 8.43. The van der Waals surface area contributed by atoms with Crippen LogP contribution in [0.4, 0.5) is 0 Å². The van der Waals surface area contributed by atoms with Crippen molar-refractivity contribution in [1.29, 1.82) is 0 Å². The van der Waals surface area contributed by atoms with Gasteiger partial charge in [-0.15, -0.1) is 0 Å². The van der Waals surface area contributed by atoms with Crippen LogP contribution < -0.4 is 5.73 Å². The largest absolute Gasteiger partial charge is 0.389 e. The topological polar surface area (TPSA) is 38.9 Å². The Bertz CT molecular complexity index is 298. The molecule has 0 aromatic carbocycles. The molecule has 1 aromatic rings. The van der Waals surface area contributed by atoms with Crippen molar-refractivity contribution >= 4 is 28.8 Å². The molecular weight excluding hydrogens is 180 g/mol. The fraction of sp³-hybridized carbons (Fsp3) is 0.143. The Morgan fingerprint density at radius 2 is 2.27 bits per heavy atom. The molecule has 1 heterocycles. The number of rotatable bonds is 1. The molecule has 0 amide bonds. The molecule has 2 nitrogen and oxygen atoms in total. The van der Waals surface area contributed by atoms with Crippen molar-refractivity contribution in [2.24, 2.45) is 5.73 Å². The van der Waals surface area contributed by atoms with E-state index < -0.39 is 0 Å². The predicted molar refractivity (Wildman–Crippen MR) is 49.9 cm³/mol. The zero-order valence-corrected chi connectivity index (χ0v) is 7.54. The summed E-state index contributed by atoms with van der Waals surface area (Å²) in [6.07, 6.45) is 0. The maximum atomic E-state index is 5.75. The molecule has 0 unspecified atom stereocenters. The molecule has 0 fully saturated rings. The Labute approximate surface area is 75.4 Å². The van der Waals surface area contributed by atoms with Gasteiger partial charge in [-0.2, -0.15) is 0 Å².